The van der Waals surface area contributed by atoms with E-state index in [-0.39, 0.29) is 0 Å². The van der Waals surface area contributed by atoms with Gasteiger partial charge in [-0.25, -0.2) is 4.98 Å². The number of thioether (sulfide) groups is 1. The van der Waals surface area contributed by atoms with Crippen molar-refractivity contribution in [1.82, 2.24) is 14.5 Å². The van der Waals surface area contributed by atoms with Crippen LogP contribution in [0, 0.1) is 0 Å². The average Bonchev–Trinajstić information content (AvgIpc) is 2.97. The van der Waals surface area contributed by atoms with Gasteiger partial charge in [0.25, 0.3) is 0 Å². The zero-order chi connectivity index (χ0) is 13.3. The van der Waals surface area contributed by atoms with Crippen LogP contribution in [0.5, 0.6) is 0 Å². The second-order valence-corrected chi connectivity index (χ2v) is 7.38. The van der Waals surface area contributed by atoms with Crippen molar-refractivity contribution in [2.45, 2.75) is 37.5 Å². The summed E-state index contributed by atoms with van der Waals surface area (Å²) >= 11 is 7.99. The molecule has 3 heterocycles. The Labute approximate surface area is 122 Å². The van der Waals surface area contributed by atoms with Crippen LogP contribution in [0.3, 0.4) is 0 Å². The van der Waals surface area contributed by atoms with Crippen LogP contribution in [0.2, 0.25) is 0 Å². The van der Waals surface area contributed by atoms with E-state index in [2.05, 4.69) is 39.3 Å². The number of imidazole rings is 1. The van der Waals surface area contributed by atoms with Crippen molar-refractivity contribution < 1.29 is 0 Å². The lowest BCUT2D eigenvalue weighted by atomic mass is 10.1. The van der Waals surface area contributed by atoms with Crippen molar-refractivity contribution in [1.29, 1.82) is 0 Å². The van der Waals surface area contributed by atoms with E-state index >= 15 is 0 Å². The van der Waals surface area contributed by atoms with Crippen LogP contribution in [0.25, 0.3) is 11.0 Å². The fraction of sp³-hybridized carbons (Fsp3) is 0.571. The normalized spacial score (nSPS) is 23.3. The third-order valence-electron chi connectivity index (χ3n) is 3.74. The molecule has 102 valence electrons. The number of pyridine rings is 1. The maximum Gasteiger partial charge on any atom is 0.111 e. The lowest BCUT2D eigenvalue weighted by Gasteiger charge is -2.24. The molecule has 3 nitrogen and oxygen atoms in total. The van der Waals surface area contributed by atoms with Crippen LogP contribution in [0.15, 0.2) is 18.5 Å². The average molecular weight is 296 g/mol. The van der Waals surface area contributed by atoms with E-state index in [1.807, 2.05) is 12.4 Å². The van der Waals surface area contributed by atoms with E-state index < -0.39 is 0 Å². The molecule has 0 bridgehead atoms. The van der Waals surface area contributed by atoms with Gasteiger partial charge in [0.05, 0.1) is 11.7 Å². The molecule has 1 fully saturated rings. The van der Waals surface area contributed by atoms with Crippen LogP contribution in [-0.2, 0) is 13.0 Å². The molecule has 2 aromatic heterocycles. The third-order valence-corrected chi connectivity index (χ3v) is 5.45. The maximum absolute atomic E-state index is 5.91. The van der Waals surface area contributed by atoms with Gasteiger partial charge in [-0.1, -0.05) is 0 Å². The molecule has 0 saturated carbocycles. The molecule has 0 N–H and O–H groups in total. The fourth-order valence-corrected chi connectivity index (χ4v) is 4.24. The maximum atomic E-state index is 5.91. The lowest BCUT2D eigenvalue weighted by Crippen LogP contribution is -2.25. The summed E-state index contributed by atoms with van der Waals surface area (Å²) in [5.41, 5.74) is 2.16. The van der Waals surface area contributed by atoms with Crippen molar-refractivity contribution in [2.24, 2.45) is 0 Å². The molecule has 1 saturated heterocycles. The molecule has 1 aliphatic rings. The van der Waals surface area contributed by atoms with Gasteiger partial charge in [0.15, 0.2) is 0 Å². The first kappa shape index (κ1) is 13.3. The molecule has 19 heavy (non-hydrogen) atoms. The van der Waals surface area contributed by atoms with Crippen LogP contribution in [0.1, 0.15) is 25.6 Å². The SMILES string of the molecule is CC1(Cn2c(CCCl)nc3cnccc32)CCCS1. The summed E-state index contributed by atoms with van der Waals surface area (Å²) in [6.45, 7) is 3.38. The molecule has 1 unspecified atom stereocenters. The Morgan fingerprint density at radius 2 is 2.42 bits per heavy atom. The van der Waals surface area contributed by atoms with Crippen LogP contribution in [0.4, 0.5) is 0 Å². The molecule has 0 spiro atoms. The standard InChI is InChI=1S/C14H18ClN3S/c1-14(5-2-8-19-14)10-18-12-4-7-16-9-11(12)17-13(18)3-6-15/h4,7,9H,2-3,5-6,8,10H2,1H3. The highest BCUT2D eigenvalue weighted by Crippen LogP contribution is 2.39. The molecule has 2 aromatic rings. The molecule has 1 atom stereocenters. The highest BCUT2D eigenvalue weighted by Gasteiger charge is 2.31. The Morgan fingerprint density at radius 3 is 3.16 bits per heavy atom. The lowest BCUT2D eigenvalue weighted by molar-refractivity contribution is 0.507. The van der Waals surface area contributed by atoms with Gasteiger partial charge in [0, 0.05) is 29.8 Å². The number of aromatic nitrogens is 3. The van der Waals surface area contributed by atoms with E-state index in [0.717, 1.165) is 24.3 Å². The van der Waals surface area contributed by atoms with Gasteiger partial charge in [-0.3, -0.25) is 4.98 Å². The van der Waals surface area contributed by atoms with Gasteiger partial charge in [0.1, 0.15) is 11.3 Å². The number of fused-ring (bicyclic) bond motifs is 1. The quantitative estimate of drug-likeness (QED) is 0.809. The molecule has 0 aromatic carbocycles. The zero-order valence-electron chi connectivity index (χ0n) is 11.1. The number of hydrogen-bond donors (Lipinski definition) is 0. The van der Waals surface area contributed by atoms with Gasteiger partial charge in [-0.2, -0.15) is 11.8 Å². The summed E-state index contributed by atoms with van der Waals surface area (Å²) in [4.78, 5) is 8.84. The molecule has 0 aliphatic carbocycles. The summed E-state index contributed by atoms with van der Waals surface area (Å²) < 4.78 is 2.68. The Bertz CT molecular complexity index is 575. The highest BCUT2D eigenvalue weighted by atomic mass is 35.5. The first-order chi connectivity index (χ1) is 9.22. The Kier molecular flexibility index (Phi) is 3.72. The highest BCUT2D eigenvalue weighted by molar-refractivity contribution is 8.00. The molecule has 5 heteroatoms. The monoisotopic (exact) mass is 295 g/mol. The van der Waals surface area contributed by atoms with Gasteiger partial charge in [0.2, 0.25) is 0 Å². The van der Waals surface area contributed by atoms with Gasteiger partial charge >= 0.3 is 0 Å². The van der Waals surface area contributed by atoms with Crippen LogP contribution < -0.4 is 0 Å². The Hall–Kier alpha value is -0.740. The molecule has 0 amide bonds. The molecular formula is C14H18ClN3S. The number of nitrogens with zero attached hydrogens (tertiary/aromatic N) is 3. The van der Waals surface area contributed by atoms with Crippen molar-refractivity contribution >= 4 is 34.4 Å². The minimum absolute atomic E-state index is 0.331. The van der Waals surface area contributed by atoms with Crippen LogP contribution in [-0.4, -0.2) is 30.9 Å². The fourth-order valence-electron chi connectivity index (χ4n) is 2.78. The molecular weight excluding hydrogens is 278 g/mol. The van der Waals surface area contributed by atoms with Crippen molar-refractivity contribution in [2.75, 3.05) is 11.6 Å². The second-order valence-electron chi connectivity index (χ2n) is 5.32. The Balaban J connectivity index is 2.01. The topological polar surface area (TPSA) is 30.7 Å². The second kappa shape index (κ2) is 5.33. The smallest absolute Gasteiger partial charge is 0.111 e. The molecule has 3 rings (SSSR count). The summed E-state index contributed by atoms with van der Waals surface area (Å²) in [5, 5.41) is 0. The Morgan fingerprint density at radius 1 is 1.53 bits per heavy atom. The zero-order valence-corrected chi connectivity index (χ0v) is 12.7. The van der Waals surface area contributed by atoms with Crippen LogP contribution >= 0.6 is 23.4 Å². The first-order valence-corrected chi connectivity index (χ1v) is 8.23. The van der Waals surface area contributed by atoms with Gasteiger partial charge < -0.3 is 4.57 Å². The van der Waals surface area contributed by atoms with E-state index in [4.69, 9.17) is 11.6 Å². The number of halogens is 1. The molecule has 0 radical (unpaired) electrons. The number of rotatable bonds is 4. The first-order valence-electron chi connectivity index (χ1n) is 6.71. The largest absolute Gasteiger partial charge is 0.326 e. The minimum Gasteiger partial charge on any atom is -0.326 e. The third kappa shape index (κ3) is 2.61. The van der Waals surface area contributed by atoms with Crippen molar-refractivity contribution in [3.8, 4) is 0 Å². The molecule has 1 aliphatic heterocycles. The van der Waals surface area contributed by atoms with Crippen molar-refractivity contribution in [3.63, 3.8) is 0 Å². The van der Waals surface area contributed by atoms with Gasteiger partial charge in [-0.05, 0) is 31.6 Å². The number of alkyl halides is 1. The van der Waals surface area contributed by atoms with E-state index in [0.29, 0.717) is 10.6 Å². The van der Waals surface area contributed by atoms with Gasteiger partial charge in [-0.15, -0.1) is 11.6 Å². The summed E-state index contributed by atoms with van der Waals surface area (Å²) in [6.07, 6.45) is 7.10. The van der Waals surface area contributed by atoms with E-state index in [1.54, 1.807) is 0 Å². The predicted molar refractivity (Wildman–Crippen MR) is 82.0 cm³/mol. The van der Waals surface area contributed by atoms with E-state index in [1.165, 1.54) is 24.1 Å². The number of hydrogen-bond acceptors (Lipinski definition) is 3. The summed E-state index contributed by atoms with van der Waals surface area (Å²) in [7, 11) is 0. The summed E-state index contributed by atoms with van der Waals surface area (Å²) in [5.74, 6) is 2.97. The predicted octanol–water partition coefficient (Wildman–Crippen LogP) is 3.50. The minimum atomic E-state index is 0.331. The summed E-state index contributed by atoms with van der Waals surface area (Å²) in [6, 6.07) is 2.06. The van der Waals surface area contributed by atoms with E-state index in [9.17, 15) is 0 Å². The van der Waals surface area contributed by atoms with Crippen molar-refractivity contribution in [3.05, 3.63) is 24.3 Å². The number of aryl methyl sites for hydroxylation is 1.